The zero-order valence-electron chi connectivity index (χ0n) is 13.7. The van der Waals surface area contributed by atoms with Gasteiger partial charge < -0.3 is 14.9 Å². The Labute approximate surface area is 154 Å². The first-order valence-electron chi connectivity index (χ1n) is 8.38. The van der Waals surface area contributed by atoms with Gasteiger partial charge in [0.05, 0.1) is 16.6 Å². The fraction of sp³-hybridized carbons (Fsp3) is 0.150. The zero-order valence-corrected chi connectivity index (χ0v) is 14.6. The predicted molar refractivity (Wildman–Crippen MR) is 99.6 cm³/mol. The number of rotatable bonds is 2. The van der Waals surface area contributed by atoms with Crippen LogP contribution in [0.1, 0.15) is 34.7 Å². The summed E-state index contributed by atoms with van der Waals surface area (Å²) in [6, 6.07) is 16.9. The third-order valence-corrected chi connectivity index (χ3v) is 5.71. The lowest BCUT2D eigenvalue weighted by atomic mass is 9.97. The van der Waals surface area contributed by atoms with Gasteiger partial charge in [0, 0.05) is 17.5 Å². The maximum atomic E-state index is 9.91. The first kappa shape index (κ1) is 15.3. The largest absolute Gasteiger partial charge is 0.504 e. The average Bonchev–Trinajstić information content (AvgIpc) is 3.33. The molecule has 0 radical (unpaired) electrons. The number of ether oxygens (including phenoxy) is 1. The normalized spacial score (nSPS) is 20.9. The van der Waals surface area contributed by atoms with Gasteiger partial charge in [-0.15, -0.1) is 11.3 Å². The summed E-state index contributed by atoms with van der Waals surface area (Å²) in [5, 5.41) is 28.4. The Morgan fingerprint density at radius 2 is 1.92 bits per heavy atom. The van der Waals surface area contributed by atoms with Crippen molar-refractivity contribution < 1.29 is 14.9 Å². The maximum Gasteiger partial charge on any atom is 0.214 e. The summed E-state index contributed by atoms with van der Waals surface area (Å²) in [7, 11) is 0. The minimum Gasteiger partial charge on any atom is -0.504 e. The standard InChI is InChI=1S/C20H16N2O3S/c23-16-8-7-12(10-17(16)24)20-22-15(13-4-1-2-5-18(13)25-20)11-14(21-22)19-6-3-9-26-19/h1-10,15,20,23-24H,11H2. The summed E-state index contributed by atoms with van der Waals surface area (Å²) in [6.07, 6.45) is 0.348. The topological polar surface area (TPSA) is 65.3 Å². The van der Waals surface area contributed by atoms with Crippen LogP contribution in [0.15, 0.2) is 65.1 Å². The molecular weight excluding hydrogens is 348 g/mol. The first-order chi connectivity index (χ1) is 12.7. The van der Waals surface area contributed by atoms with Gasteiger partial charge >= 0.3 is 0 Å². The predicted octanol–water partition coefficient (Wildman–Crippen LogP) is 4.40. The van der Waals surface area contributed by atoms with Crippen molar-refractivity contribution in [3.05, 3.63) is 76.0 Å². The van der Waals surface area contributed by atoms with Gasteiger partial charge in [-0.3, -0.25) is 0 Å². The molecule has 2 unspecified atom stereocenters. The molecule has 3 aromatic rings. The van der Waals surface area contributed by atoms with E-state index in [0.717, 1.165) is 33.9 Å². The molecule has 5 rings (SSSR count). The molecular formula is C20H16N2O3S. The van der Waals surface area contributed by atoms with Crippen molar-refractivity contribution in [1.29, 1.82) is 0 Å². The third kappa shape index (κ3) is 2.34. The zero-order chi connectivity index (χ0) is 17.7. The van der Waals surface area contributed by atoms with Crippen LogP contribution in [0.25, 0.3) is 0 Å². The number of hydrazone groups is 1. The van der Waals surface area contributed by atoms with E-state index in [1.165, 1.54) is 12.1 Å². The quantitative estimate of drug-likeness (QED) is 0.662. The van der Waals surface area contributed by atoms with E-state index in [1.54, 1.807) is 17.4 Å². The Morgan fingerprint density at radius 3 is 2.73 bits per heavy atom. The Hall–Kier alpha value is -2.99. The molecule has 26 heavy (non-hydrogen) atoms. The van der Waals surface area contributed by atoms with Crippen LogP contribution in [0.3, 0.4) is 0 Å². The fourth-order valence-corrected chi connectivity index (χ4v) is 4.26. The van der Waals surface area contributed by atoms with E-state index in [0.29, 0.717) is 0 Å². The molecule has 130 valence electrons. The summed E-state index contributed by atoms with van der Waals surface area (Å²) in [5.41, 5.74) is 2.90. The molecule has 0 amide bonds. The average molecular weight is 364 g/mol. The monoisotopic (exact) mass is 364 g/mol. The van der Waals surface area contributed by atoms with Crippen molar-refractivity contribution in [2.45, 2.75) is 18.7 Å². The van der Waals surface area contributed by atoms with Crippen molar-refractivity contribution in [3.8, 4) is 17.2 Å². The summed E-state index contributed by atoms with van der Waals surface area (Å²) in [6.45, 7) is 0. The van der Waals surface area contributed by atoms with E-state index in [-0.39, 0.29) is 17.5 Å². The van der Waals surface area contributed by atoms with E-state index >= 15 is 0 Å². The Bertz CT molecular complexity index is 1000. The lowest BCUT2D eigenvalue weighted by Crippen LogP contribution is -2.33. The SMILES string of the molecule is Oc1ccc(C2Oc3ccccc3C3CC(c4cccs4)=NN32)cc1O. The summed E-state index contributed by atoms with van der Waals surface area (Å²) in [4.78, 5) is 1.16. The van der Waals surface area contributed by atoms with Crippen LogP contribution in [0.2, 0.25) is 0 Å². The van der Waals surface area contributed by atoms with Gasteiger partial charge in [0.25, 0.3) is 0 Å². The van der Waals surface area contributed by atoms with E-state index in [2.05, 4.69) is 17.5 Å². The second kappa shape index (κ2) is 5.78. The number of phenols is 2. The van der Waals surface area contributed by atoms with Crippen molar-refractivity contribution in [3.63, 3.8) is 0 Å². The second-order valence-corrected chi connectivity index (χ2v) is 7.33. The number of nitrogens with zero attached hydrogens (tertiary/aromatic N) is 2. The van der Waals surface area contributed by atoms with Crippen molar-refractivity contribution in [1.82, 2.24) is 5.01 Å². The van der Waals surface area contributed by atoms with Crippen molar-refractivity contribution in [2.24, 2.45) is 5.10 Å². The highest BCUT2D eigenvalue weighted by atomic mass is 32.1. The molecule has 0 bridgehead atoms. The van der Waals surface area contributed by atoms with Gasteiger partial charge in [-0.25, -0.2) is 5.01 Å². The smallest absolute Gasteiger partial charge is 0.214 e. The van der Waals surface area contributed by atoms with Crippen LogP contribution in [0.4, 0.5) is 0 Å². The molecule has 2 atom stereocenters. The number of para-hydroxylation sites is 1. The number of hydrogen-bond acceptors (Lipinski definition) is 6. The van der Waals surface area contributed by atoms with Crippen LogP contribution in [-0.4, -0.2) is 20.9 Å². The molecule has 6 heteroatoms. The van der Waals surface area contributed by atoms with Crippen molar-refractivity contribution >= 4 is 17.0 Å². The van der Waals surface area contributed by atoms with Gasteiger partial charge in [0.15, 0.2) is 11.5 Å². The summed E-state index contributed by atoms with van der Waals surface area (Å²) in [5.74, 6) is 0.516. The highest BCUT2D eigenvalue weighted by molar-refractivity contribution is 7.12. The van der Waals surface area contributed by atoms with Crippen LogP contribution in [0, 0.1) is 0 Å². The van der Waals surface area contributed by atoms with Gasteiger partial charge in [-0.2, -0.15) is 5.10 Å². The molecule has 0 saturated carbocycles. The van der Waals surface area contributed by atoms with Gasteiger partial charge in [-0.1, -0.05) is 24.3 Å². The number of benzene rings is 2. The minimum absolute atomic E-state index is 0.0815. The summed E-state index contributed by atoms with van der Waals surface area (Å²) < 4.78 is 6.22. The van der Waals surface area contributed by atoms with Crippen LogP contribution in [0.5, 0.6) is 17.2 Å². The Kier molecular flexibility index (Phi) is 3.39. The number of fused-ring (bicyclic) bond motifs is 3. The van der Waals surface area contributed by atoms with Crippen LogP contribution in [-0.2, 0) is 0 Å². The molecule has 0 saturated heterocycles. The first-order valence-corrected chi connectivity index (χ1v) is 9.26. The molecule has 2 aliphatic rings. The minimum atomic E-state index is -0.459. The number of phenolic OH excluding ortho intramolecular Hbond substituents is 2. The number of hydrogen-bond donors (Lipinski definition) is 2. The maximum absolute atomic E-state index is 9.91. The van der Waals surface area contributed by atoms with Crippen molar-refractivity contribution in [2.75, 3.05) is 0 Å². The Morgan fingerprint density at radius 1 is 1.04 bits per heavy atom. The van der Waals surface area contributed by atoms with E-state index < -0.39 is 6.23 Å². The lowest BCUT2D eigenvalue weighted by Gasteiger charge is -2.38. The highest BCUT2D eigenvalue weighted by Crippen LogP contribution is 2.48. The van der Waals surface area contributed by atoms with E-state index in [1.807, 2.05) is 29.3 Å². The molecule has 1 aromatic heterocycles. The lowest BCUT2D eigenvalue weighted by molar-refractivity contribution is -0.0191. The van der Waals surface area contributed by atoms with Crippen LogP contribution >= 0.6 is 11.3 Å². The fourth-order valence-electron chi connectivity index (χ4n) is 3.54. The molecule has 5 nitrogen and oxygen atoms in total. The van der Waals surface area contributed by atoms with Gasteiger partial charge in [-0.05, 0) is 35.7 Å². The molecule has 0 aliphatic carbocycles. The molecule has 0 spiro atoms. The number of thiophene rings is 1. The van der Waals surface area contributed by atoms with Gasteiger partial charge in [0.1, 0.15) is 5.75 Å². The highest BCUT2D eigenvalue weighted by Gasteiger charge is 2.41. The molecule has 2 aromatic carbocycles. The third-order valence-electron chi connectivity index (χ3n) is 4.79. The number of aromatic hydroxyl groups is 2. The molecule has 0 fully saturated rings. The van der Waals surface area contributed by atoms with E-state index in [4.69, 9.17) is 9.84 Å². The van der Waals surface area contributed by atoms with Crippen LogP contribution < -0.4 is 4.74 Å². The summed E-state index contributed by atoms with van der Waals surface area (Å²) >= 11 is 1.68. The van der Waals surface area contributed by atoms with Gasteiger partial charge in [0.2, 0.25) is 6.23 Å². The molecule has 2 N–H and O–H groups in total. The molecule has 3 heterocycles. The second-order valence-electron chi connectivity index (χ2n) is 6.38. The van der Waals surface area contributed by atoms with E-state index in [9.17, 15) is 10.2 Å². The Balaban J connectivity index is 1.61. The molecule has 2 aliphatic heterocycles.